The smallest absolute Gasteiger partial charge is 0.233 e. The minimum Gasteiger partial charge on any atom is -0.365 e. The van der Waals surface area contributed by atoms with Gasteiger partial charge in [-0.2, -0.15) is 0 Å². The van der Waals surface area contributed by atoms with Crippen LogP contribution in [0.5, 0.6) is 0 Å². The number of imide groups is 1. The van der Waals surface area contributed by atoms with E-state index in [0.29, 0.717) is 0 Å². The van der Waals surface area contributed by atoms with Gasteiger partial charge in [0.25, 0.3) is 0 Å². The third kappa shape index (κ3) is 0.536. The van der Waals surface area contributed by atoms with Gasteiger partial charge in [0.15, 0.2) is 0 Å². The highest BCUT2D eigenvalue weighted by atomic mass is 16.5. The summed E-state index contributed by atoms with van der Waals surface area (Å²) in [6.07, 6.45) is 3.41. The summed E-state index contributed by atoms with van der Waals surface area (Å²) in [7, 11) is 0. The standard InChI is InChI=1S/C8H7NO3/c10-7-5-3-1-2-4(12-3)6(5)8(11)9-7/h1-6H,(H,9,10,11)/t3-,4+,5+,6-. The Bertz CT molecular complexity index is 281. The lowest BCUT2D eigenvalue weighted by Gasteiger charge is -2.10. The Balaban J connectivity index is 2.08. The summed E-state index contributed by atoms with van der Waals surface area (Å²) in [6, 6.07) is 0. The third-order valence-corrected chi connectivity index (χ3v) is 2.75. The summed E-state index contributed by atoms with van der Waals surface area (Å²) < 4.78 is 5.39. The van der Waals surface area contributed by atoms with Gasteiger partial charge in [0.1, 0.15) is 0 Å². The fourth-order valence-corrected chi connectivity index (χ4v) is 2.22. The van der Waals surface area contributed by atoms with Gasteiger partial charge < -0.3 is 4.74 Å². The van der Waals surface area contributed by atoms with Crippen molar-refractivity contribution in [3.05, 3.63) is 12.2 Å². The molecule has 0 aliphatic carbocycles. The largest absolute Gasteiger partial charge is 0.365 e. The molecule has 0 unspecified atom stereocenters. The average molecular weight is 165 g/mol. The van der Waals surface area contributed by atoms with Crippen molar-refractivity contribution in [2.24, 2.45) is 11.8 Å². The highest BCUT2D eigenvalue weighted by molar-refractivity contribution is 6.06. The summed E-state index contributed by atoms with van der Waals surface area (Å²) in [6.45, 7) is 0. The minimum atomic E-state index is -0.257. The van der Waals surface area contributed by atoms with E-state index in [4.69, 9.17) is 4.74 Å². The van der Waals surface area contributed by atoms with E-state index in [0.717, 1.165) is 0 Å². The Morgan fingerprint density at radius 1 is 1.08 bits per heavy atom. The summed E-state index contributed by atoms with van der Waals surface area (Å²) >= 11 is 0. The van der Waals surface area contributed by atoms with Crippen molar-refractivity contribution in [3.63, 3.8) is 0 Å². The zero-order chi connectivity index (χ0) is 8.29. The van der Waals surface area contributed by atoms with Crippen LogP contribution in [0.1, 0.15) is 0 Å². The van der Waals surface area contributed by atoms with Crippen LogP contribution in [0.15, 0.2) is 12.2 Å². The van der Waals surface area contributed by atoms with Gasteiger partial charge in [-0.05, 0) is 0 Å². The first-order chi connectivity index (χ1) is 5.77. The van der Waals surface area contributed by atoms with Crippen LogP contribution in [0.3, 0.4) is 0 Å². The number of nitrogens with one attached hydrogen (secondary N) is 1. The van der Waals surface area contributed by atoms with Crippen molar-refractivity contribution in [1.82, 2.24) is 5.32 Å². The molecule has 0 aromatic carbocycles. The molecule has 2 amide bonds. The van der Waals surface area contributed by atoms with Gasteiger partial charge >= 0.3 is 0 Å². The van der Waals surface area contributed by atoms with Gasteiger partial charge in [0.2, 0.25) is 11.8 Å². The Morgan fingerprint density at radius 3 is 2.08 bits per heavy atom. The number of rotatable bonds is 0. The monoisotopic (exact) mass is 165 g/mol. The maximum atomic E-state index is 11.2. The second kappa shape index (κ2) is 1.77. The van der Waals surface area contributed by atoms with Crippen LogP contribution in [0.4, 0.5) is 0 Å². The van der Waals surface area contributed by atoms with Gasteiger partial charge in [0, 0.05) is 0 Å². The number of carbonyl (C=O) groups excluding carboxylic acids is 2. The number of hydrogen-bond donors (Lipinski definition) is 1. The van der Waals surface area contributed by atoms with E-state index in [1.807, 2.05) is 12.2 Å². The minimum absolute atomic E-state index is 0.161. The van der Waals surface area contributed by atoms with Crippen LogP contribution in [0, 0.1) is 11.8 Å². The van der Waals surface area contributed by atoms with E-state index in [9.17, 15) is 9.59 Å². The van der Waals surface area contributed by atoms with E-state index < -0.39 is 0 Å². The quantitative estimate of drug-likeness (QED) is 0.378. The second-order valence-electron chi connectivity index (χ2n) is 3.36. The maximum absolute atomic E-state index is 11.2. The molecule has 0 saturated carbocycles. The maximum Gasteiger partial charge on any atom is 0.233 e. The van der Waals surface area contributed by atoms with E-state index in [1.165, 1.54) is 0 Å². The van der Waals surface area contributed by atoms with Crippen LogP contribution >= 0.6 is 0 Å². The predicted octanol–water partition coefficient (Wildman–Crippen LogP) is -0.788. The van der Waals surface area contributed by atoms with E-state index in [-0.39, 0.29) is 35.9 Å². The van der Waals surface area contributed by atoms with Crippen LogP contribution in [0.25, 0.3) is 0 Å². The molecule has 4 nitrogen and oxygen atoms in total. The fraction of sp³-hybridized carbons (Fsp3) is 0.500. The lowest BCUT2D eigenvalue weighted by Crippen LogP contribution is -2.27. The molecular weight excluding hydrogens is 158 g/mol. The molecule has 3 heterocycles. The van der Waals surface area contributed by atoms with Gasteiger partial charge in [-0.25, -0.2) is 0 Å². The lowest BCUT2D eigenvalue weighted by atomic mass is 9.85. The van der Waals surface area contributed by atoms with Crippen LogP contribution < -0.4 is 5.32 Å². The zero-order valence-electron chi connectivity index (χ0n) is 6.19. The zero-order valence-corrected chi connectivity index (χ0v) is 6.19. The van der Waals surface area contributed by atoms with Crippen molar-refractivity contribution in [1.29, 1.82) is 0 Å². The number of hydrogen-bond acceptors (Lipinski definition) is 3. The average Bonchev–Trinajstić information content (AvgIpc) is 2.64. The van der Waals surface area contributed by atoms with Crippen LogP contribution in [-0.2, 0) is 14.3 Å². The summed E-state index contributed by atoms with van der Waals surface area (Å²) in [5.41, 5.74) is 0. The van der Waals surface area contributed by atoms with Gasteiger partial charge in [-0.15, -0.1) is 0 Å². The van der Waals surface area contributed by atoms with E-state index >= 15 is 0 Å². The van der Waals surface area contributed by atoms with Gasteiger partial charge in [0.05, 0.1) is 24.0 Å². The highest BCUT2D eigenvalue weighted by Gasteiger charge is 2.57. The van der Waals surface area contributed by atoms with Crippen molar-refractivity contribution < 1.29 is 14.3 Å². The molecular formula is C8H7NO3. The molecule has 4 heteroatoms. The number of amides is 2. The topological polar surface area (TPSA) is 55.4 Å². The molecule has 0 spiro atoms. The molecule has 3 aliphatic rings. The van der Waals surface area contributed by atoms with Gasteiger partial charge in [-0.3, -0.25) is 14.9 Å². The molecule has 2 fully saturated rings. The summed E-state index contributed by atoms with van der Waals surface area (Å²) in [4.78, 5) is 22.4. The Hall–Kier alpha value is -1.16. The molecule has 4 atom stereocenters. The SMILES string of the molecule is O=C1NC(=O)[C@H]2[C@@H]1[C@H]1C=C[C@@H]2O1. The molecule has 12 heavy (non-hydrogen) atoms. The Labute approximate surface area is 68.6 Å². The van der Waals surface area contributed by atoms with Crippen molar-refractivity contribution in [2.45, 2.75) is 12.2 Å². The molecule has 2 bridgehead atoms. The number of carbonyl (C=O) groups is 2. The van der Waals surface area contributed by atoms with E-state index in [2.05, 4.69) is 5.32 Å². The Kier molecular flexibility index (Phi) is 0.939. The van der Waals surface area contributed by atoms with E-state index in [1.54, 1.807) is 0 Å². The molecule has 62 valence electrons. The van der Waals surface area contributed by atoms with Crippen molar-refractivity contribution in [3.8, 4) is 0 Å². The first-order valence-corrected chi connectivity index (χ1v) is 3.96. The normalized spacial score (nSPS) is 48.3. The molecule has 2 saturated heterocycles. The second-order valence-corrected chi connectivity index (χ2v) is 3.36. The van der Waals surface area contributed by atoms with Crippen molar-refractivity contribution >= 4 is 11.8 Å². The molecule has 1 N–H and O–H groups in total. The molecule has 3 aliphatic heterocycles. The predicted molar refractivity (Wildman–Crippen MR) is 37.9 cm³/mol. The first kappa shape index (κ1) is 6.37. The molecule has 0 radical (unpaired) electrons. The van der Waals surface area contributed by atoms with Crippen LogP contribution in [-0.4, -0.2) is 24.0 Å². The lowest BCUT2D eigenvalue weighted by molar-refractivity contribution is -0.128. The third-order valence-electron chi connectivity index (χ3n) is 2.75. The number of fused-ring (bicyclic) bond motifs is 5. The molecule has 0 aromatic heterocycles. The van der Waals surface area contributed by atoms with Gasteiger partial charge in [-0.1, -0.05) is 12.2 Å². The molecule has 3 rings (SSSR count). The fourth-order valence-electron chi connectivity index (χ4n) is 2.22. The molecule has 0 aromatic rings. The highest BCUT2D eigenvalue weighted by Crippen LogP contribution is 2.41. The summed E-state index contributed by atoms with van der Waals surface area (Å²) in [5.74, 6) is -0.872. The number of ether oxygens (including phenoxy) is 1. The van der Waals surface area contributed by atoms with Crippen molar-refractivity contribution in [2.75, 3.05) is 0 Å². The Morgan fingerprint density at radius 2 is 1.58 bits per heavy atom. The summed E-state index contributed by atoms with van der Waals surface area (Å²) in [5, 5.41) is 2.32. The van der Waals surface area contributed by atoms with Crippen LogP contribution in [0.2, 0.25) is 0 Å². The first-order valence-electron chi connectivity index (χ1n) is 3.96.